The van der Waals surface area contributed by atoms with E-state index in [1.165, 1.54) is 12.1 Å². The highest BCUT2D eigenvalue weighted by molar-refractivity contribution is 5.44. The Labute approximate surface area is 118 Å². The van der Waals surface area contributed by atoms with Crippen LogP contribution in [0.4, 0.5) is 4.39 Å². The van der Waals surface area contributed by atoms with Crippen molar-refractivity contribution in [1.29, 1.82) is 0 Å². The second-order valence-corrected chi connectivity index (χ2v) is 5.21. The molecule has 0 aliphatic rings. The number of halogens is 1. The number of benzene rings is 2. The molecule has 0 heterocycles. The van der Waals surface area contributed by atoms with Crippen LogP contribution in [-0.4, -0.2) is 5.11 Å². The van der Waals surface area contributed by atoms with E-state index in [1.807, 2.05) is 25.1 Å². The van der Waals surface area contributed by atoms with Crippen molar-refractivity contribution in [3.8, 4) is 11.5 Å². The maximum Gasteiger partial charge on any atom is 0.133 e. The van der Waals surface area contributed by atoms with Crippen LogP contribution in [0.3, 0.4) is 0 Å². The van der Waals surface area contributed by atoms with Crippen LogP contribution in [0.25, 0.3) is 0 Å². The lowest BCUT2D eigenvalue weighted by molar-refractivity contribution is 0.275. The van der Waals surface area contributed by atoms with Gasteiger partial charge in [-0.25, -0.2) is 4.39 Å². The molecule has 2 rings (SSSR count). The van der Waals surface area contributed by atoms with Crippen molar-refractivity contribution >= 4 is 0 Å². The third-order valence-corrected chi connectivity index (χ3v) is 3.20. The summed E-state index contributed by atoms with van der Waals surface area (Å²) < 4.78 is 19.1. The highest BCUT2D eigenvalue weighted by Gasteiger charge is 2.11. The molecule has 0 bridgehead atoms. The standard InChI is InChI=1S/C17H19FO2/c1-11(2)15-6-4-12(3)8-17(15)20-16-7-5-14(18)9-13(16)10-19/h4-9,11,19H,10H2,1-3H3. The first-order valence-corrected chi connectivity index (χ1v) is 6.69. The minimum Gasteiger partial charge on any atom is -0.457 e. The molecule has 0 saturated heterocycles. The van der Waals surface area contributed by atoms with Gasteiger partial charge < -0.3 is 9.84 Å². The molecule has 0 saturated carbocycles. The summed E-state index contributed by atoms with van der Waals surface area (Å²) >= 11 is 0. The molecule has 3 heteroatoms. The van der Waals surface area contributed by atoms with E-state index in [0.717, 1.165) is 16.9 Å². The van der Waals surface area contributed by atoms with Gasteiger partial charge in [-0.3, -0.25) is 0 Å². The van der Waals surface area contributed by atoms with Crippen LogP contribution in [0.15, 0.2) is 36.4 Å². The highest BCUT2D eigenvalue weighted by atomic mass is 19.1. The van der Waals surface area contributed by atoms with Crippen LogP contribution >= 0.6 is 0 Å². The third kappa shape index (κ3) is 3.17. The molecule has 0 atom stereocenters. The fourth-order valence-electron chi connectivity index (χ4n) is 2.10. The van der Waals surface area contributed by atoms with Gasteiger partial charge in [0.15, 0.2) is 0 Å². The van der Waals surface area contributed by atoms with E-state index in [-0.39, 0.29) is 12.4 Å². The summed E-state index contributed by atoms with van der Waals surface area (Å²) in [7, 11) is 0. The van der Waals surface area contributed by atoms with Gasteiger partial charge in [0.1, 0.15) is 17.3 Å². The Balaban J connectivity index is 2.41. The molecule has 0 unspecified atom stereocenters. The Bertz CT molecular complexity index is 606. The van der Waals surface area contributed by atoms with Crippen LogP contribution in [0.1, 0.15) is 36.5 Å². The molecule has 0 spiro atoms. The van der Waals surface area contributed by atoms with E-state index in [4.69, 9.17) is 4.74 Å². The number of ether oxygens (including phenoxy) is 1. The molecule has 2 aromatic rings. The first-order chi connectivity index (χ1) is 9.51. The molecule has 0 aliphatic carbocycles. The summed E-state index contributed by atoms with van der Waals surface area (Å²) in [5, 5.41) is 9.31. The largest absolute Gasteiger partial charge is 0.457 e. The van der Waals surface area contributed by atoms with Crippen molar-refractivity contribution in [2.45, 2.75) is 33.3 Å². The van der Waals surface area contributed by atoms with E-state index < -0.39 is 0 Å². The molecule has 0 aliphatic heterocycles. The first-order valence-electron chi connectivity index (χ1n) is 6.69. The molecule has 0 fully saturated rings. The molecule has 2 aromatic carbocycles. The molecule has 0 aromatic heterocycles. The lowest BCUT2D eigenvalue weighted by Gasteiger charge is -2.16. The van der Waals surface area contributed by atoms with Crippen LogP contribution in [-0.2, 0) is 6.61 Å². The quantitative estimate of drug-likeness (QED) is 0.886. The summed E-state index contributed by atoms with van der Waals surface area (Å²) in [6.07, 6.45) is 0. The fraction of sp³-hybridized carbons (Fsp3) is 0.294. The van der Waals surface area contributed by atoms with Crippen LogP contribution < -0.4 is 4.74 Å². The van der Waals surface area contributed by atoms with E-state index in [0.29, 0.717) is 17.2 Å². The molecule has 2 nitrogen and oxygen atoms in total. The normalized spacial score (nSPS) is 10.9. The molecular formula is C17H19FO2. The van der Waals surface area contributed by atoms with Crippen molar-refractivity contribution < 1.29 is 14.2 Å². The van der Waals surface area contributed by atoms with Gasteiger partial charge in [-0.2, -0.15) is 0 Å². The van der Waals surface area contributed by atoms with Crippen molar-refractivity contribution in [1.82, 2.24) is 0 Å². The van der Waals surface area contributed by atoms with Gasteiger partial charge in [-0.05, 0) is 48.2 Å². The smallest absolute Gasteiger partial charge is 0.133 e. The number of hydrogen-bond acceptors (Lipinski definition) is 2. The van der Waals surface area contributed by atoms with E-state index >= 15 is 0 Å². The molecular weight excluding hydrogens is 255 g/mol. The van der Waals surface area contributed by atoms with Gasteiger partial charge in [0, 0.05) is 5.56 Å². The van der Waals surface area contributed by atoms with Crippen LogP contribution in [0.5, 0.6) is 11.5 Å². The number of aliphatic hydroxyl groups excluding tert-OH is 1. The molecule has 106 valence electrons. The predicted molar refractivity (Wildman–Crippen MR) is 77.7 cm³/mol. The van der Waals surface area contributed by atoms with Crippen molar-refractivity contribution in [3.05, 3.63) is 58.9 Å². The Morgan fingerprint density at radius 1 is 1.10 bits per heavy atom. The van der Waals surface area contributed by atoms with Crippen LogP contribution in [0, 0.1) is 12.7 Å². The second kappa shape index (κ2) is 6.06. The lowest BCUT2D eigenvalue weighted by atomic mass is 10.0. The summed E-state index contributed by atoms with van der Waals surface area (Å²) in [5.41, 5.74) is 2.63. The number of aryl methyl sites for hydroxylation is 1. The monoisotopic (exact) mass is 274 g/mol. The average Bonchev–Trinajstić information content (AvgIpc) is 2.40. The predicted octanol–water partition coefficient (Wildman–Crippen LogP) is 4.54. The number of rotatable bonds is 4. The first kappa shape index (κ1) is 14.5. The van der Waals surface area contributed by atoms with E-state index in [1.54, 1.807) is 6.07 Å². The van der Waals surface area contributed by atoms with Crippen LogP contribution in [0.2, 0.25) is 0 Å². The summed E-state index contributed by atoms with van der Waals surface area (Å²) in [4.78, 5) is 0. The number of hydrogen-bond donors (Lipinski definition) is 1. The Kier molecular flexibility index (Phi) is 4.40. The summed E-state index contributed by atoms with van der Waals surface area (Å²) in [6, 6.07) is 10.2. The number of aliphatic hydroxyl groups is 1. The van der Waals surface area contributed by atoms with Gasteiger partial charge >= 0.3 is 0 Å². The highest BCUT2D eigenvalue weighted by Crippen LogP contribution is 2.33. The van der Waals surface area contributed by atoms with Crippen molar-refractivity contribution in [2.24, 2.45) is 0 Å². The lowest BCUT2D eigenvalue weighted by Crippen LogP contribution is -1.98. The molecule has 1 N–H and O–H groups in total. The Hall–Kier alpha value is -1.87. The summed E-state index contributed by atoms with van der Waals surface area (Å²) in [6.45, 7) is 5.93. The SMILES string of the molecule is Cc1ccc(C(C)C)c(Oc2ccc(F)cc2CO)c1. The van der Waals surface area contributed by atoms with E-state index in [2.05, 4.69) is 13.8 Å². The summed E-state index contributed by atoms with van der Waals surface area (Å²) in [5.74, 6) is 1.18. The second-order valence-electron chi connectivity index (χ2n) is 5.21. The van der Waals surface area contributed by atoms with Gasteiger partial charge in [0.25, 0.3) is 0 Å². The Morgan fingerprint density at radius 2 is 1.85 bits per heavy atom. The van der Waals surface area contributed by atoms with E-state index in [9.17, 15) is 9.50 Å². The maximum absolute atomic E-state index is 13.2. The maximum atomic E-state index is 13.2. The van der Waals surface area contributed by atoms with Crippen molar-refractivity contribution in [2.75, 3.05) is 0 Å². The van der Waals surface area contributed by atoms with Gasteiger partial charge in [0.2, 0.25) is 0 Å². The molecule has 0 amide bonds. The Morgan fingerprint density at radius 3 is 2.50 bits per heavy atom. The minimum atomic E-state index is -0.380. The van der Waals surface area contributed by atoms with Gasteiger partial charge in [-0.15, -0.1) is 0 Å². The zero-order valence-electron chi connectivity index (χ0n) is 12.0. The minimum absolute atomic E-state index is 0.254. The molecule has 20 heavy (non-hydrogen) atoms. The molecule has 0 radical (unpaired) electrons. The zero-order chi connectivity index (χ0) is 14.7. The topological polar surface area (TPSA) is 29.5 Å². The van der Waals surface area contributed by atoms with Crippen molar-refractivity contribution in [3.63, 3.8) is 0 Å². The average molecular weight is 274 g/mol. The third-order valence-electron chi connectivity index (χ3n) is 3.20. The van der Waals surface area contributed by atoms with Gasteiger partial charge in [0.05, 0.1) is 6.61 Å². The van der Waals surface area contributed by atoms with Gasteiger partial charge in [-0.1, -0.05) is 26.0 Å². The zero-order valence-corrected chi connectivity index (χ0v) is 12.0. The fourth-order valence-corrected chi connectivity index (χ4v) is 2.10.